The maximum Gasteiger partial charge on any atom is 0.258 e. The Kier molecular flexibility index (Phi) is 4.12. The van der Waals surface area contributed by atoms with Crippen LogP contribution in [0.2, 0.25) is 0 Å². The highest BCUT2D eigenvalue weighted by atomic mass is 19.1. The molecule has 2 aromatic rings. The van der Waals surface area contributed by atoms with Crippen LogP contribution in [0.15, 0.2) is 30.3 Å². The smallest absolute Gasteiger partial charge is 0.258 e. The van der Waals surface area contributed by atoms with Gasteiger partial charge in [-0.2, -0.15) is 0 Å². The molecule has 0 saturated heterocycles. The van der Waals surface area contributed by atoms with Crippen molar-refractivity contribution in [1.82, 2.24) is 0 Å². The molecule has 0 bridgehead atoms. The predicted octanol–water partition coefficient (Wildman–Crippen LogP) is 3.29. The van der Waals surface area contributed by atoms with Gasteiger partial charge in [0.05, 0.1) is 24.0 Å². The minimum Gasteiger partial charge on any atom is -0.497 e. The normalized spacial score (nSPS) is 10.3. The fourth-order valence-corrected chi connectivity index (χ4v) is 1.99. The summed E-state index contributed by atoms with van der Waals surface area (Å²) < 4.78 is 18.8. The van der Waals surface area contributed by atoms with Crippen LogP contribution < -0.4 is 15.8 Å². The third-order valence-corrected chi connectivity index (χ3v) is 3.43. The van der Waals surface area contributed by atoms with E-state index in [4.69, 9.17) is 10.5 Å². The van der Waals surface area contributed by atoms with E-state index >= 15 is 0 Å². The molecule has 0 aliphatic rings. The number of nitrogens with one attached hydrogen (secondary N) is 1. The average Bonchev–Trinajstić information content (AvgIpc) is 2.47. The molecular weight excluding hydrogens is 271 g/mol. The first-order valence-electron chi connectivity index (χ1n) is 6.44. The number of carbonyl (C=O) groups is 1. The van der Waals surface area contributed by atoms with Gasteiger partial charge < -0.3 is 15.8 Å². The summed E-state index contributed by atoms with van der Waals surface area (Å²) in [6.07, 6.45) is 0. The van der Waals surface area contributed by atoms with Gasteiger partial charge >= 0.3 is 0 Å². The molecule has 3 N–H and O–H groups in total. The molecule has 0 radical (unpaired) electrons. The molecule has 0 unspecified atom stereocenters. The maximum atomic E-state index is 13.9. The number of nitrogen functional groups attached to an aromatic ring is 1. The standard InChI is InChI=1S/C16H17FN2O2/c1-9-4-7-14(18)15(10(9)2)19-16(20)12-6-5-11(21-3)8-13(12)17/h4-8H,18H2,1-3H3,(H,19,20). The third-order valence-electron chi connectivity index (χ3n) is 3.43. The van der Waals surface area contributed by atoms with Crippen molar-refractivity contribution in [2.75, 3.05) is 18.2 Å². The fraction of sp³-hybridized carbons (Fsp3) is 0.188. The molecule has 1 amide bonds. The highest BCUT2D eigenvalue weighted by Gasteiger charge is 2.15. The quantitative estimate of drug-likeness (QED) is 0.852. The number of rotatable bonds is 3. The van der Waals surface area contributed by atoms with Gasteiger partial charge in [0.2, 0.25) is 0 Å². The summed E-state index contributed by atoms with van der Waals surface area (Å²) in [5, 5.41) is 2.67. The van der Waals surface area contributed by atoms with Crippen molar-refractivity contribution in [3.05, 3.63) is 52.8 Å². The second-order valence-electron chi connectivity index (χ2n) is 4.77. The molecule has 0 aliphatic carbocycles. The summed E-state index contributed by atoms with van der Waals surface area (Å²) in [6, 6.07) is 7.66. The monoisotopic (exact) mass is 288 g/mol. The summed E-state index contributed by atoms with van der Waals surface area (Å²) in [5.74, 6) is -0.832. The van der Waals surface area contributed by atoms with Gasteiger partial charge in [-0.1, -0.05) is 6.07 Å². The second-order valence-corrected chi connectivity index (χ2v) is 4.77. The first kappa shape index (κ1) is 14.8. The molecule has 0 spiro atoms. The molecule has 0 saturated carbocycles. The van der Waals surface area contributed by atoms with Crippen LogP contribution in [0.5, 0.6) is 5.75 Å². The molecule has 21 heavy (non-hydrogen) atoms. The summed E-state index contributed by atoms with van der Waals surface area (Å²) >= 11 is 0. The molecule has 4 nitrogen and oxygen atoms in total. The van der Waals surface area contributed by atoms with Gasteiger partial charge in [0.15, 0.2) is 0 Å². The Bertz CT molecular complexity index is 699. The molecule has 5 heteroatoms. The van der Waals surface area contributed by atoms with Gasteiger partial charge in [-0.25, -0.2) is 4.39 Å². The summed E-state index contributed by atoms with van der Waals surface area (Å²) in [5.41, 5.74) is 8.62. The number of methoxy groups -OCH3 is 1. The number of hydrogen-bond donors (Lipinski definition) is 2. The number of nitrogens with two attached hydrogens (primary N) is 1. The van der Waals surface area contributed by atoms with Crippen molar-refractivity contribution in [2.24, 2.45) is 0 Å². The van der Waals surface area contributed by atoms with Crippen molar-refractivity contribution >= 4 is 17.3 Å². The van der Waals surface area contributed by atoms with E-state index in [1.807, 2.05) is 19.9 Å². The van der Waals surface area contributed by atoms with Crippen LogP contribution in [-0.4, -0.2) is 13.0 Å². The number of anilines is 2. The van der Waals surface area contributed by atoms with Gasteiger partial charge in [0.25, 0.3) is 5.91 Å². The first-order valence-corrected chi connectivity index (χ1v) is 6.44. The van der Waals surface area contributed by atoms with Crippen LogP contribution in [0.25, 0.3) is 0 Å². The van der Waals surface area contributed by atoms with E-state index in [-0.39, 0.29) is 5.56 Å². The number of aryl methyl sites for hydroxylation is 1. The highest BCUT2D eigenvalue weighted by molar-refractivity contribution is 6.06. The molecule has 110 valence electrons. The largest absolute Gasteiger partial charge is 0.497 e. The fourth-order valence-electron chi connectivity index (χ4n) is 1.99. The van der Waals surface area contributed by atoms with Crippen molar-refractivity contribution in [3.8, 4) is 5.75 Å². The Morgan fingerprint density at radius 1 is 1.24 bits per heavy atom. The van der Waals surface area contributed by atoms with Crippen LogP contribution >= 0.6 is 0 Å². The van der Waals surface area contributed by atoms with Gasteiger partial charge in [-0.15, -0.1) is 0 Å². The van der Waals surface area contributed by atoms with Crippen molar-refractivity contribution in [1.29, 1.82) is 0 Å². The summed E-state index contributed by atoms with van der Waals surface area (Å²) in [7, 11) is 1.44. The van der Waals surface area contributed by atoms with E-state index in [9.17, 15) is 9.18 Å². The SMILES string of the molecule is COc1ccc(C(=O)Nc2c(N)ccc(C)c2C)c(F)c1. The molecule has 0 atom stereocenters. The summed E-state index contributed by atoms with van der Waals surface area (Å²) in [6.45, 7) is 3.77. The number of amides is 1. The molecule has 0 fully saturated rings. The van der Waals surface area contributed by atoms with Gasteiger partial charge in [-0.05, 0) is 43.2 Å². The van der Waals surface area contributed by atoms with E-state index in [0.717, 1.165) is 11.1 Å². The van der Waals surface area contributed by atoms with Crippen LogP contribution in [0.1, 0.15) is 21.5 Å². The zero-order chi connectivity index (χ0) is 15.6. The lowest BCUT2D eigenvalue weighted by Crippen LogP contribution is -2.16. The van der Waals surface area contributed by atoms with E-state index in [0.29, 0.717) is 17.1 Å². The molecule has 2 rings (SSSR count). The number of carbonyl (C=O) groups excluding carboxylic acids is 1. The molecule has 0 aliphatic heterocycles. The zero-order valence-electron chi connectivity index (χ0n) is 12.2. The Morgan fingerprint density at radius 3 is 2.57 bits per heavy atom. The van der Waals surface area contributed by atoms with E-state index in [1.165, 1.54) is 25.3 Å². The first-order chi connectivity index (χ1) is 9.93. The highest BCUT2D eigenvalue weighted by Crippen LogP contribution is 2.27. The average molecular weight is 288 g/mol. The third kappa shape index (κ3) is 2.97. The van der Waals surface area contributed by atoms with Crippen LogP contribution in [-0.2, 0) is 0 Å². The Morgan fingerprint density at radius 2 is 1.95 bits per heavy atom. The summed E-state index contributed by atoms with van der Waals surface area (Å²) in [4.78, 5) is 12.2. The molecule has 2 aromatic carbocycles. The predicted molar refractivity (Wildman–Crippen MR) is 81.2 cm³/mol. The minimum absolute atomic E-state index is 0.0592. The van der Waals surface area contributed by atoms with Crippen molar-refractivity contribution < 1.29 is 13.9 Å². The Balaban J connectivity index is 2.33. The van der Waals surface area contributed by atoms with E-state index in [2.05, 4.69) is 5.32 Å². The number of hydrogen-bond acceptors (Lipinski definition) is 3. The number of halogens is 1. The van der Waals surface area contributed by atoms with Gasteiger partial charge in [0, 0.05) is 6.07 Å². The van der Waals surface area contributed by atoms with Crippen LogP contribution in [0.3, 0.4) is 0 Å². The topological polar surface area (TPSA) is 64.3 Å². The number of benzene rings is 2. The minimum atomic E-state index is -0.643. The van der Waals surface area contributed by atoms with Crippen molar-refractivity contribution in [2.45, 2.75) is 13.8 Å². The number of ether oxygens (including phenoxy) is 1. The Labute approximate surface area is 122 Å². The molecule has 0 heterocycles. The zero-order valence-corrected chi connectivity index (χ0v) is 12.2. The lowest BCUT2D eigenvalue weighted by atomic mass is 10.1. The van der Waals surface area contributed by atoms with Crippen molar-refractivity contribution in [3.63, 3.8) is 0 Å². The lowest BCUT2D eigenvalue weighted by Gasteiger charge is -2.14. The molecule has 0 aromatic heterocycles. The maximum absolute atomic E-state index is 13.9. The second kappa shape index (κ2) is 5.83. The van der Waals surface area contributed by atoms with Crippen LogP contribution in [0, 0.1) is 19.7 Å². The Hall–Kier alpha value is -2.56. The van der Waals surface area contributed by atoms with E-state index in [1.54, 1.807) is 6.07 Å². The van der Waals surface area contributed by atoms with E-state index < -0.39 is 11.7 Å². The van der Waals surface area contributed by atoms with Gasteiger partial charge in [0.1, 0.15) is 11.6 Å². The lowest BCUT2D eigenvalue weighted by molar-refractivity contribution is 0.102. The molecular formula is C16H17FN2O2. The van der Waals surface area contributed by atoms with Crippen LogP contribution in [0.4, 0.5) is 15.8 Å². The van der Waals surface area contributed by atoms with Gasteiger partial charge in [-0.3, -0.25) is 4.79 Å².